The van der Waals surface area contributed by atoms with Crippen LogP contribution >= 0.6 is 0 Å². The van der Waals surface area contributed by atoms with Gasteiger partial charge in [0.1, 0.15) is 19.0 Å². The number of carbonyl (C=O) groups is 1. The van der Waals surface area contributed by atoms with Crippen molar-refractivity contribution in [1.82, 2.24) is 4.31 Å². The summed E-state index contributed by atoms with van der Waals surface area (Å²) in [6, 6.07) is 19.6. The zero-order valence-corrected chi connectivity index (χ0v) is 20.8. The van der Waals surface area contributed by atoms with Crippen molar-refractivity contribution < 1.29 is 27.4 Å². The molecule has 36 heavy (non-hydrogen) atoms. The Kier molecular flexibility index (Phi) is 6.84. The van der Waals surface area contributed by atoms with Gasteiger partial charge in [0.2, 0.25) is 15.9 Å². The number of nitrogens with zero attached hydrogens (tertiary/aromatic N) is 1. The van der Waals surface area contributed by atoms with Crippen LogP contribution in [0.2, 0.25) is 0 Å². The molecule has 2 aliphatic rings. The fourth-order valence-electron chi connectivity index (χ4n) is 4.32. The molecule has 1 saturated heterocycles. The van der Waals surface area contributed by atoms with Crippen molar-refractivity contribution in [2.75, 3.05) is 31.6 Å². The van der Waals surface area contributed by atoms with Gasteiger partial charge in [-0.25, -0.2) is 8.42 Å². The molecule has 0 aromatic heterocycles. The fraction of sp³-hybridized carbons (Fsp3) is 0.296. The Morgan fingerprint density at radius 3 is 2.39 bits per heavy atom. The van der Waals surface area contributed by atoms with Gasteiger partial charge in [0.15, 0.2) is 17.2 Å². The molecule has 1 fully saturated rings. The van der Waals surface area contributed by atoms with E-state index in [1.807, 2.05) is 43.3 Å². The van der Waals surface area contributed by atoms with Gasteiger partial charge in [0, 0.05) is 25.1 Å². The van der Waals surface area contributed by atoms with Gasteiger partial charge in [-0.05, 0) is 56.2 Å². The number of para-hydroxylation sites is 2. The van der Waals surface area contributed by atoms with Crippen LogP contribution in [0.15, 0.2) is 71.6 Å². The lowest BCUT2D eigenvalue weighted by atomic mass is 9.97. The number of rotatable bonds is 6. The van der Waals surface area contributed by atoms with Gasteiger partial charge < -0.3 is 19.5 Å². The van der Waals surface area contributed by atoms with Crippen LogP contribution in [0.4, 0.5) is 5.69 Å². The molecule has 0 atom stereocenters. The zero-order valence-electron chi connectivity index (χ0n) is 20.0. The Bertz CT molecular complexity index is 1350. The Morgan fingerprint density at radius 1 is 0.944 bits per heavy atom. The monoisotopic (exact) mass is 508 g/mol. The van der Waals surface area contributed by atoms with E-state index in [2.05, 4.69) is 5.32 Å². The molecular formula is C27H28N2O6S. The highest BCUT2D eigenvalue weighted by Gasteiger charge is 2.33. The summed E-state index contributed by atoms with van der Waals surface area (Å²) in [4.78, 5) is 13.2. The summed E-state index contributed by atoms with van der Waals surface area (Å²) in [5, 5.41) is 2.97. The summed E-state index contributed by atoms with van der Waals surface area (Å²) >= 11 is 0. The standard InChI is InChI=1S/C27H28N2O6S/c1-19-6-8-21(9-7-19)35-24-5-3-2-4-23(24)28-27(30)20-12-14-29(15-13-20)36(31,32)22-10-11-25-26(18-22)34-17-16-33-25/h2-11,18,20H,12-17H2,1H3,(H,28,30). The molecule has 0 bridgehead atoms. The normalized spacial score (nSPS) is 16.4. The van der Waals surface area contributed by atoms with E-state index in [-0.39, 0.29) is 29.8 Å². The molecule has 0 saturated carbocycles. The molecule has 3 aromatic carbocycles. The third-order valence-electron chi connectivity index (χ3n) is 6.37. The van der Waals surface area contributed by atoms with Crippen molar-refractivity contribution in [3.8, 4) is 23.0 Å². The zero-order chi connectivity index (χ0) is 25.1. The van der Waals surface area contributed by atoms with Crippen LogP contribution < -0.4 is 19.5 Å². The summed E-state index contributed by atoms with van der Waals surface area (Å²) < 4.78 is 44.8. The first-order valence-corrected chi connectivity index (χ1v) is 13.4. The Hall–Kier alpha value is -3.56. The smallest absolute Gasteiger partial charge is 0.243 e. The van der Waals surface area contributed by atoms with Gasteiger partial charge in [-0.3, -0.25) is 4.79 Å². The first-order valence-electron chi connectivity index (χ1n) is 11.9. The first kappa shape index (κ1) is 24.1. The number of amides is 1. The van der Waals surface area contributed by atoms with Crippen molar-refractivity contribution >= 4 is 21.6 Å². The molecule has 0 unspecified atom stereocenters. The van der Waals surface area contributed by atoms with Crippen molar-refractivity contribution in [2.24, 2.45) is 5.92 Å². The molecule has 0 spiro atoms. The molecule has 2 heterocycles. The molecular weight excluding hydrogens is 480 g/mol. The lowest BCUT2D eigenvalue weighted by Crippen LogP contribution is -2.41. The predicted octanol–water partition coefficient (Wildman–Crippen LogP) is 4.60. The SMILES string of the molecule is Cc1ccc(Oc2ccccc2NC(=O)C2CCN(S(=O)(=O)c3ccc4c(c3)OCCO4)CC2)cc1. The van der Waals surface area contributed by atoms with Gasteiger partial charge in [0.05, 0.1) is 10.6 Å². The topological polar surface area (TPSA) is 94.2 Å². The van der Waals surface area contributed by atoms with Crippen LogP contribution in [0.3, 0.4) is 0 Å². The molecule has 3 aromatic rings. The molecule has 188 valence electrons. The number of aryl methyl sites for hydroxylation is 1. The Labute approximate surface area is 210 Å². The first-order chi connectivity index (χ1) is 17.4. The highest BCUT2D eigenvalue weighted by molar-refractivity contribution is 7.89. The number of anilines is 1. The predicted molar refractivity (Wildman–Crippen MR) is 135 cm³/mol. The molecule has 0 radical (unpaired) electrons. The summed E-state index contributed by atoms with van der Waals surface area (Å²) in [7, 11) is -3.70. The number of piperidine rings is 1. The van der Waals surface area contributed by atoms with Crippen molar-refractivity contribution in [3.05, 3.63) is 72.3 Å². The Balaban J connectivity index is 1.22. The second-order valence-corrected chi connectivity index (χ2v) is 10.8. The highest BCUT2D eigenvalue weighted by atomic mass is 32.2. The fourth-order valence-corrected chi connectivity index (χ4v) is 5.80. The third kappa shape index (κ3) is 5.17. The lowest BCUT2D eigenvalue weighted by molar-refractivity contribution is -0.120. The van der Waals surface area contributed by atoms with Gasteiger partial charge in [-0.1, -0.05) is 29.8 Å². The van der Waals surface area contributed by atoms with Crippen LogP contribution in [0, 0.1) is 12.8 Å². The summed E-state index contributed by atoms with van der Waals surface area (Å²) in [5.41, 5.74) is 1.71. The van der Waals surface area contributed by atoms with E-state index in [1.54, 1.807) is 18.2 Å². The quantitative estimate of drug-likeness (QED) is 0.523. The maximum atomic E-state index is 13.2. The summed E-state index contributed by atoms with van der Waals surface area (Å²) in [6.07, 6.45) is 0.854. The van der Waals surface area contributed by atoms with E-state index in [0.29, 0.717) is 54.7 Å². The summed E-state index contributed by atoms with van der Waals surface area (Å²) in [5.74, 6) is 1.76. The van der Waals surface area contributed by atoms with Crippen molar-refractivity contribution in [1.29, 1.82) is 0 Å². The molecule has 0 aliphatic carbocycles. The second-order valence-electron chi connectivity index (χ2n) is 8.88. The molecule has 9 heteroatoms. The average molecular weight is 509 g/mol. The molecule has 2 aliphatic heterocycles. The summed E-state index contributed by atoms with van der Waals surface area (Å²) in [6.45, 7) is 3.35. The minimum absolute atomic E-state index is 0.147. The van der Waals surface area contributed by atoms with Gasteiger partial charge in [-0.2, -0.15) is 4.31 Å². The van der Waals surface area contributed by atoms with Gasteiger partial charge in [0.25, 0.3) is 0 Å². The number of carbonyl (C=O) groups excluding carboxylic acids is 1. The van der Waals surface area contributed by atoms with Crippen LogP contribution in [0.5, 0.6) is 23.0 Å². The van der Waals surface area contributed by atoms with Crippen LogP contribution in [-0.4, -0.2) is 44.9 Å². The third-order valence-corrected chi connectivity index (χ3v) is 8.26. The number of sulfonamides is 1. The number of benzene rings is 3. The Morgan fingerprint density at radius 2 is 1.64 bits per heavy atom. The van der Waals surface area contributed by atoms with E-state index in [9.17, 15) is 13.2 Å². The van der Waals surface area contributed by atoms with E-state index in [4.69, 9.17) is 14.2 Å². The van der Waals surface area contributed by atoms with Crippen molar-refractivity contribution in [3.63, 3.8) is 0 Å². The second kappa shape index (κ2) is 10.2. The van der Waals surface area contributed by atoms with Crippen molar-refractivity contribution in [2.45, 2.75) is 24.7 Å². The number of fused-ring (bicyclic) bond motifs is 1. The van der Waals surface area contributed by atoms with E-state index in [0.717, 1.165) is 5.56 Å². The lowest BCUT2D eigenvalue weighted by Gasteiger charge is -2.31. The number of hydrogen-bond donors (Lipinski definition) is 1. The number of ether oxygens (including phenoxy) is 3. The minimum atomic E-state index is -3.70. The van der Waals surface area contributed by atoms with E-state index >= 15 is 0 Å². The van der Waals surface area contributed by atoms with E-state index < -0.39 is 10.0 Å². The average Bonchev–Trinajstić information content (AvgIpc) is 2.91. The van der Waals surface area contributed by atoms with Crippen LogP contribution in [0.1, 0.15) is 18.4 Å². The van der Waals surface area contributed by atoms with Crippen LogP contribution in [0.25, 0.3) is 0 Å². The molecule has 1 amide bonds. The molecule has 8 nitrogen and oxygen atoms in total. The minimum Gasteiger partial charge on any atom is -0.486 e. The largest absolute Gasteiger partial charge is 0.486 e. The number of nitrogens with one attached hydrogen (secondary N) is 1. The van der Waals surface area contributed by atoms with Crippen LogP contribution in [-0.2, 0) is 14.8 Å². The van der Waals surface area contributed by atoms with Gasteiger partial charge in [-0.15, -0.1) is 0 Å². The maximum Gasteiger partial charge on any atom is 0.243 e. The molecule has 5 rings (SSSR count). The highest BCUT2D eigenvalue weighted by Crippen LogP contribution is 2.35. The van der Waals surface area contributed by atoms with E-state index in [1.165, 1.54) is 16.4 Å². The maximum absolute atomic E-state index is 13.2. The van der Waals surface area contributed by atoms with Gasteiger partial charge >= 0.3 is 0 Å². The molecule has 1 N–H and O–H groups in total. The number of hydrogen-bond acceptors (Lipinski definition) is 6.